The number of amides is 1. The molecular formula is C19H20ClF3N2O. The van der Waals surface area contributed by atoms with E-state index in [0.29, 0.717) is 19.6 Å². The van der Waals surface area contributed by atoms with Crippen LogP contribution < -0.4 is 5.73 Å². The molecule has 0 spiro atoms. The third-order valence-corrected chi connectivity index (χ3v) is 4.72. The normalized spacial score (nSPS) is 19.9. The van der Waals surface area contributed by atoms with E-state index >= 15 is 0 Å². The first kappa shape index (κ1) is 20.3. The van der Waals surface area contributed by atoms with Crippen LogP contribution in [0.4, 0.5) is 13.2 Å². The van der Waals surface area contributed by atoms with Gasteiger partial charge in [0.1, 0.15) is 0 Å². The Kier molecular flexibility index (Phi) is 6.31. The van der Waals surface area contributed by atoms with Crippen molar-refractivity contribution in [1.29, 1.82) is 0 Å². The number of likely N-dealkylation sites (tertiary alicyclic amines) is 1. The number of hydrogen-bond donors (Lipinski definition) is 1. The zero-order chi connectivity index (χ0) is 18.0. The lowest BCUT2D eigenvalue weighted by Crippen LogP contribution is -2.29. The van der Waals surface area contributed by atoms with Gasteiger partial charge in [0.2, 0.25) is 0 Å². The van der Waals surface area contributed by atoms with Crippen LogP contribution in [0.5, 0.6) is 0 Å². The third kappa shape index (κ3) is 4.19. The van der Waals surface area contributed by atoms with Crippen LogP contribution in [0, 0.1) is 5.92 Å². The minimum Gasteiger partial charge on any atom is -0.338 e. The van der Waals surface area contributed by atoms with E-state index in [1.165, 1.54) is 12.1 Å². The Morgan fingerprint density at radius 3 is 2.19 bits per heavy atom. The van der Waals surface area contributed by atoms with Crippen molar-refractivity contribution in [2.45, 2.75) is 12.1 Å². The summed E-state index contributed by atoms with van der Waals surface area (Å²) in [6, 6.07) is 14.2. The van der Waals surface area contributed by atoms with Crippen LogP contribution in [0.2, 0.25) is 0 Å². The molecule has 140 valence electrons. The lowest BCUT2D eigenvalue weighted by Gasteiger charge is -2.17. The van der Waals surface area contributed by atoms with Crippen molar-refractivity contribution in [3.05, 3.63) is 71.3 Å². The summed E-state index contributed by atoms with van der Waals surface area (Å²) in [7, 11) is 0. The molecule has 1 aliphatic heterocycles. The van der Waals surface area contributed by atoms with Crippen LogP contribution in [0.3, 0.4) is 0 Å². The SMILES string of the molecule is Cl.NC[C@@H]1CN(C(=O)c2ccc(C(F)(F)F)cc2)C[C@H]1c1ccccc1. The number of carbonyl (C=O) groups is 1. The second-order valence-electron chi connectivity index (χ2n) is 6.30. The van der Waals surface area contributed by atoms with E-state index in [4.69, 9.17) is 5.73 Å². The van der Waals surface area contributed by atoms with Gasteiger partial charge in [-0.25, -0.2) is 0 Å². The lowest BCUT2D eigenvalue weighted by atomic mass is 9.89. The molecule has 26 heavy (non-hydrogen) atoms. The van der Waals surface area contributed by atoms with Gasteiger partial charge >= 0.3 is 6.18 Å². The molecule has 3 rings (SSSR count). The Labute approximate surface area is 156 Å². The summed E-state index contributed by atoms with van der Waals surface area (Å²) < 4.78 is 37.9. The maximum absolute atomic E-state index is 12.7. The highest BCUT2D eigenvalue weighted by atomic mass is 35.5. The predicted octanol–water partition coefficient (Wildman–Crippen LogP) is 3.94. The zero-order valence-electron chi connectivity index (χ0n) is 13.9. The third-order valence-electron chi connectivity index (χ3n) is 4.72. The first-order chi connectivity index (χ1) is 11.9. The highest BCUT2D eigenvalue weighted by Gasteiger charge is 2.36. The van der Waals surface area contributed by atoms with Crippen molar-refractivity contribution in [2.24, 2.45) is 11.7 Å². The Morgan fingerprint density at radius 2 is 1.65 bits per heavy atom. The van der Waals surface area contributed by atoms with Crippen molar-refractivity contribution < 1.29 is 18.0 Å². The second kappa shape index (κ2) is 8.10. The van der Waals surface area contributed by atoms with Crippen molar-refractivity contribution in [1.82, 2.24) is 4.90 Å². The standard InChI is InChI=1S/C19H19F3N2O.ClH/c20-19(21,22)16-8-6-14(7-9-16)18(25)24-11-15(10-23)17(12-24)13-4-2-1-3-5-13;/h1-9,15,17H,10-12,23H2;1H/t15-,17+;/m1./s1. The van der Waals surface area contributed by atoms with Crippen molar-refractivity contribution in [3.8, 4) is 0 Å². The van der Waals surface area contributed by atoms with Crippen LogP contribution >= 0.6 is 12.4 Å². The molecule has 1 aliphatic rings. The molecule has 1 fully saturated rings. The summed E-state index contributed by atoms with van der Waals surface area (Å²) in [5, 5.41) is 0. The minimum absolute atomic E-state index is 0. The van der Waals surface area contributed by atoms with Gasteiger partial charge in [0.25, 0.3) is 5.91 Å². The van der Waals surface area contributed by atoms with E-state index < -0.39 is 11.7 Å². The first-order valence-corrected chi connectivity index (χ1v) is 8.11. The molecule has 0 aliphatic carbocycles. The molecule has 0 saturated carbocycles. The van der Waals surface area contributed by atoms with E-state index in [0.717, 1.165) is 17.7 Å². The molecule has 0 aromatic heterocycles. The fourth-order valence-corrected chi connectivity index (χ4v) is 3.34. The molecule has 2 aromatic carbocycles. The highest BCUT2D eigenvalue weighted by Crippen LogP contribution is 2.33. The minimum atomic E-state index is -4.40. The molecule has 1 saturated heterocycles. The smallest absolute Gasteiger partial charge is 0.338 e. The molecule has 3 nitrogen and oxygen atoms in total. The summed E-state index contributed by atoms with van der Waals surface area (Å²) in [6.45, 7) is 1.48. The molecule has 0 radical (unpaired) electrons. The Morgan fingerprint density at radius 1 is 1.04 bits per heavy atom. The maximum Gasteiger partial charge on any atom is 0.416 e. The average Bonchev–Trinajstić information content (AvgIpc) is 3.05. The van der Waals surface area contributed by atoms with Crippen LogP contribution in [-0.2, 0) is 6.18 Å². The summed E-state index contributed by atoms with van der Waals surface area (Å²) in [5.74, 6) is 0.0241. The Bertz CT molecular complexity index is 735. The van der Waals surface area contributed by atoms with E-state index in [1.54, 1.807) is 4.90 Å². The molecular weight excluding hydrogens is 365 g/mol. The van der Waals surface area contributed by atoms with Gasteiger partial charge < -0.3 is 10.6 Å². The monoisotopic (exact) mass is 384 g/mol. The van der Waals surface area contributed by atoms with E-state index in [9.17, 15) is 18.0 Å². The van der Waals surface area contributed by atoms with Gasteiger partial charge in [0, 0.05) is 24.6 Å². The molecule has 7 heteroatoms. The fraction of sp³-hybridized carbons (Fsp3) is 0.316. The number of benzene rings is 2. The fourth-order valence-electron chi connectivity index (χ4n) is 3.34. The van der Waals surface area contributed by atoms with Gasteiger partial charge in [-0.15, -0.1) is 12.4 Å². The number of nitrogens with zero attached hydrogens (tertiary/aromatic N) is 1. The molecule has 1 heterocycles. The van der Waals surface area contributed by atoms with Crippen LogP contribution in [0.1, 0.15) is 27.4 Å². The lowest BCUT2D eigenvalue weighted by molar-refractivity contribution is -0.137. The average molecular weight is 385 g/mol. The van der Waals surface area contributed by atoms with Crippen molar-refractivity contribution >= 4 is 18.3 Å². The van der Waals surface area contributed by atoms with Crippen LogP contribution in [0.25, 0.3) is 0 Å². The number of rotatable bonds is 3. The molecule has 0 bridgehead atoms. The quantitative estimate of drug-likeness (QED) is 0.871. The molecule has 0 unspecified atom stereocenters. The number of carbonyl (C=O) groups excluding carboxylic acids is 1. The number of alkyl halides is 3. The molecule has 1 amide bonds. The topological polar surface area (TPSA) is 46.3 Å². The summed E-state index contributed by atoms with van der Waals surface area (Å²) >= 11 is 0. The van der Waals surface area contributed by atoms with E-state index in [2.05, 4.69) is 0 Å². The van der Waals surface area contributed by atoms with E-state index in [1.807, 2.05) is 30.3 Å². The summed E-state index contributed by atoms with van der Waals surface area (Å²) in [4.78, 5) is 14.3. The van der Waals surface area contributed by atoms with Gasteiger partial charge in [0.05, 0.1) is 5.56 Å². The molecule has 2 atom stereocenters. The summed E-state index contributed by atoms with van der Waals surface area (Å²) in [6.07, 6.45) is -4.40. The van der Waals surface area contributed by atoms with Gasteiger partial charge in [-0.1, -0.05) is 30.3 Å². The summed E-state index contributed by atoms with van der Waals surface area (Å²) in [5.41, 5.74) is 6.50. The van der Waals surface area contributed by atoms with Crippen LogP contribution in [-0.4, -0.2) is 30.4 Å². The number of hydrogen-bond acceptors (Lipinski definition) is 2. The van der Waals surface area contributed by atoms with Gasteiger partial charge in [-0.05, 0) is 42.3 Å². The first-order valence-electron chi connectivity index (χ1n) is 8.11. The van der Waals surface area contributed by atoms with Crippen molar-refractivity contribution in [3.63, 3.8) is 0 Å². The van der Waals surface area contributed by atoms with Crippen molar-refractivity contribution in [2.75, 3.05) is 19.6 Å². The van der Waals surface area contributed by atoms with Crippen LogP contribution in [0.15, 0.2) is 54.6 Å². The van der Waals surface area contributed by atoms with Gasteiger partial charge in [0.15, 0.2) is 0 Å². The largest absolute Gasteiger partial charge is 0.416 e. The number of nitrogens with two attached hydrogens (primary N) is 1. The Hall–Kier alpha value is -2.05. The predicted molar refractivity (Wildman–Crippen MR) is 96.3 cm³/mol. The number of halogens is 4. The Balaban J connectivity index is 0.00000243. The maximum atomic E-state index is 12.7. The second-order valence-corrected chi connectivity index (χ2v) is 6.30. The zero-order valence-corrected chi connectivity index (χ0v) is 14.8. The van der Waals surface area contributed by atoms with E-state index in [-0.39, 0.29) is 35.7 Å². The highest BCUT2D eigenvalue weighted by molar-refractivity contribution is 5.94. The van der Waals surface area contributed by atoms with Gasteiger partial charge in [-0.2, -0.15) is 13.2 Å². The molecule has 2 aromatic rings. The van der Waals surface area contributed by atoms with Gasteiger partial charge in [-0.3, -0.25) is 4.79 Å². The molecule has 2 N–H and O–H groups in total.